The van der Waals surface area contributed by atoms with E-state index in [-0.39, 0.29) is 22.7 Å². The molecule has 4 heteroatoms. The second-order valence-corrected chi connectivity index (χ2v) is 3.38. The van der Waals surface area contributed by atoms with Gasteiger partial charge in [0.15, 0.2) is 5.76 Å². The molecule has 0 aliphatic heterocycles. The summed E-state index contributed by atoms with van der Waals surface area (Å²) in [5.74, 6) is -0.387. The Balaban J connectivity index is 2.62. The topological polar surface area (TPSA) is 30.2 Å². The van der Waals surface area contributed by atoms with E-state index in [9.17, 15) is 9.18 Å². The van der Waals surface area contributed by atoms with Crippen LogP contribution >= 0.6 is 15.9 Å². The third-order valence-electron chi connectivity index (χ3n) is 1.90. The number of halogens is 2. The minimum absolute atomic E-state index is 0.175. The molecule has 14 heavy (non-hydrogen) atoms. The summed E-state index contributed by atoms with van der Waals surface area (Å²) in [6, 6.07) is 5.93. The Hall–Kier alpha value is -1.16. The summed E-state index contributed by atoms with van der Waals surface area (Å²) >= 11 is 3.02. The average molecular weight is 257 g/mol. The van der Waals surface area contributed by atoms with Crippen LogP contribution in [0, 0.1) is 5.82 Å². The molecule has 0 spiro atoms. The van der Waals surface area contributed by atoms with Crippen LogP contribution in [-0.2, 0) is 0 Å². The maximum Gasteiger partial charge on any atom is 0.208 e. The molecule has 1 aromatic carbocycles. The van der Waals surface area contributed by atoms with E-state index in [1.54, 1.807) is 12.1 Å². The molecule has 2 rings (SSSR count). The number of Topliss-reactive ketones (excluding diaryl/α,β-unsaturated/α-hetero) is 1. The molecular weight excluding hydrogens is 251 g/mol. The van der Waals surface area contributed by atoms with Crippen LogP contribution in [0.1, 0.15) is 10.6 Å². The minimum atomic E-state index is -0.375. The fraction of sp³-hybridized carbons (Fsp3) is 0.100. The van der Waals surface area contributed by atoms with Gasteiger partial charge in [-0.05, 0) is 18.2 Å². The highest BCUT2D eigenvalue weighted by Crippen LogP contribution is 2.22. The molecule has 0 bridgehead atoms. The van der Waals surface area contributed by atoms with Gasteiger partial charge in [0.05, 0.1) is 10.7 Å². The number of carbonyl (C=O) groups is 1. The number of hydrogen-bond acceptors (Lipinski definition) is 2. The lowest BCUT2D eigenvalue weighted by Gasteiger charge is -1.87. The van der Waals surface area contributed by atoms with Crippen LogP contribution in [0.3, 0.4) is 0 Å². The predicted octanol–water partition coefficient (Wildman–Crippen LogP) is 3.15. The monoisotopic (exact) mass is 256 g/mol. The van der Waals surface area contributed by atoms with E-state index < -0.39 is 0 Å². The van der Waals surface area contributed by atoms with Gasteiger partial charge < -0.3 is 4.42 Å². The fourth-order valence-electron chi connectivity index (χ4n) is 1.23. The predicted molar refractivity (Wildman–Crippen MR) is 54.3 cm³/mol. The highest BCUT2D eigenvalue weighted by Gasteiger charge is 2.12. The van der Waals surface area contributed by atoms with Crippen molar-refractivity contribution in [3.8, 4) is 0 Å². The van der Waals surface area contributed by atoms with Crippen LogP contribution in [-0.4, -0.2) is 11.1 Å². The molecule has 0 saturated carbocycles. The quantitative estimate of drug-likeness (QED) is 0.611. The number of benzene rings is 1. The first kappa shape index (κ1) is 9.40. The van der Waals surface area contributed by atoms with Crippen molar-refractivity contribution in [2.75, 3.05) is 5.33 Å². The van der Waals surface area contributed by atoms with Gasteiger partial charge in [-0.2, -0.15) is 0 Å². The van der Waals surface area contributed by atoms with Crippen molar-refractivity contribution in [3.63, 3.8) is 0 Å². The van der Waals surface area contributed by atoms with Crippen LogP contribution < -0.4 is 0 Å². The summed E-state index contributed by atoms with van der Waals surface area (Å²) in [5, 5.41) is 0.519. The molecule has 72 valence electrons. The van der Waals surface area contributed by atoms with Crippen molar-refractivity contribution in [1.82, 2.24) is 0 Å². The molecule has 0 unspecified atom stereocenters. The normalized spacial score (nSPS) is 10.7. The van der Waals surface area contributed by atoms with Gasteiger partial charge in [0.2, 0.25) is 5.78 Å². The molecule has 0 aliphatic rings. The molecule has 0 atom stereocenters. The molecule has 0 N–H and O–H groups in total. The first-order chi connectivity index (χ1) is 6.72. The van der Waals surface area contributed by atoms with Gasteiger partial charge in [0.25, 0.3) is 0 Å². The fourth-order valence-corrected chi connectivity index (χ4v) is 1.50. The Kier molecular flexibility index (Phi) is 2.37. The van der Waals surface area contributed by atoms with E-state index in [0.717, 1.165) is 0 Å². The molecule has 1 aromatic heterocycles. The van der Waals surface area contributed by atoms with Crippen molar-refractivity contribution in [3.05, 3.63) is 35.8 Å². The Morgan fingerprint density at radius 1 is 1.50 bits per heavy atom. The van der Waals surface area contributed by atoms with E-state index in [1.807, 2.05) is 0 Å². The molecule has 2 nitrogen and oxygen atoms in total. The third-order valence-corrected chi connectivity index (χ3v) is 2.41. The number of alkyl halides is 1. The Morgan fingerprint density at radius 2 is 2.29 bits per heavy atom. The molecular formula is C10H6BrFO2. The lowest BCUT2D eigenvalue weighted by molar-refractivity contribution is 0.0995. The molecule has 0 radical (unpaired) electrons. The van der Waals surface area contributed by atoms with Gasteiger partial charge in [-0.15, -0.1) is 0 Å². The van der Waals surface area contributed by atoms with E-state index in [0.29, 0.717) is 11.0 Å². The van der Waals surface area contributed by atoms with Gasteiger partial charge in [-0.3, -0.25) is 4.79 Å². The van der Waals surface area contributed by atoms with Crippen LogP contribution in [0.15, 0.2) is 28.7 Å². The summed E-state index contributed by atoms with van der Waals surface area (Å²) in [6.07, 6.45) is 0. The Morgan fingerprint density at radius 3 is 2.93 bits per heavy atom. The number of furan rings is 1. The molecule has 0 saturated heterocycles. The number of rotatable bonds is 2. The zero-order valence-electron chi connectivity index (χ0n) is 7.09. The lowest BCUT2D eigenvalue weighted by Crippen LogP contribution is -1.96. The summed E-state index contributed by atoms with van der Waals surface area (Å²) in [7, 11) is 0. The summed E-state index contributed by atoms with van der Waals surface area (Å²) < 4.78 is 18.4. The Labute approximate surface area is 87.8 Å². The number of ketones is 1. The van der Waals surface area contributed by atoms with E-state index in [1.165, 1.54) is 12.1 Å². The maximum atomic E-state index is 13.2. The average Bonchev–Trinajstić information content (AvgIpc) is 2.62. The molecule has 2 aromatic rings. The van der Waals surface area contributed by atoms with Crippen molar-refractivity contribution in [1.29, 1.82) is 0 Å². The van der Waals surface area contributed by atoms with Gasteiger partial charge in [0.1, 0.15) is 11.4 Å². The highest BCUT2D eigenvalue weighted by molar-refractivity contribution is 9.09. The SMILES string of the molecule is O=C(CBr)c1cc2c(F)cccc2o1. The third kappa shape index (κ3) is 1.46. The smallest absolute Gasteiger partial charge is 0.208 e. The van der Waals surface area contributed by atoms with Gasteiger partial charge in [0, 0.05) is 0 Å². The van der Waals surface area contributed by atoms with Crippen LogP contribution in [0.2, 0.25) is 0 Å². The van der Waals surface area contributed by atoms with E-state index in [4.69, 9.17) is 4.42 Å². The summed E-state index contributed by atoms with van der Waals surface area (Å²) in [5.41, 5.74) is 0.398. The van der Waals surface area contributed by atoms with Gasteiger partial charge >= 0.3 is 0 Å². The van der Waals surface area contributed by atoms with Crippen molar-refractivity contribution in [2.45, 2.75) is 0 Å². The summed E-state index contributed by atoms with van der Waals surface area (Å²) in [6.45, 7) is 0. The van der Waals surface area contributed by atoms with Crippen molar-refractivity contribution >= 4 is 32.7 Å². The molecule has 0 aliphatic carbocycles. The standard InChI is InChI=1S/C10H6BrFO2/c11-5-8(13)10-4-6-7(12)2-1-3-9(6)14-10/h1-4H,5H2. The van der Waals surface area contributed by atoms with Gasteiger partial charge in [-0.1, -0.05) is 22.0 Å². The van der Waals surface area contributed by atoms with Crippen molar-refractivity contribution in [2.24, 2.45) is 0 Å². The van der Waals surface area contributed by atoms with Crippen LogP contribution in [0.5, 0.6) is 0 Å². The number of fused-ring (bicyclic) bond motifs is 1. The molecule has 0 fully saturated rings. The minimum Gasteiger partial charge on any atom is -0.453 e. The zero-order chi connectivity index (χ0) is 10.1. The zero-order valence-corrected chi connectivity index (χ0v) is 8.67. The first-order valence-corrected chi connectivity index (χ1v) is 5.12. The van der Waals surface area contributed by atoms with Crippen LogP contribution in [0.25, 0.3) is 11.0 Å². The van der Waals surface area contributed by atoms with Crippen LogP contribution in [0.4, 0.5) is 4.39 Å². The largest absolute Gasteiger partial charge is 0.453 e. The second-order valence-electron chi connectivity index (χ2n) is 2.82. The van der Waals surface area contributed by atoms with Crippen molar-refractivity contribution < 1.29 is 13.6 Å². The number of carbonyl (C=O) groups excluding carboxylic acids is 1. The van der Waals surface area contributed by atoms with E-state index >= 15 is 0 Å². The number of hydrogen-bond donors (Lipinski definition) is 0. The molecule has 1 heterocycles. The molecule has 0 amide bonds. The lowest BCUT2D eigenvalue weighted by atomic mass is 10.2. The summed E-state index contributed by atoms with van der Waals surface area (Å²) in [4.78, 5) is 11.2. The Bertz CT molecular complexity index is 490. The van der Waals surface area contributed by atoms with E-state index in [2.05, 4.69) is 15.9 Å². The first-order valence-electron chi connectivity index (χ1n) is 3.99. The highest BCUT2D eigenvalue weighted by atomic mass is 79.9. The van der Waals surface area contributed by atoms with Gasteiger partial charge in [-0.25, -0.2) is 4.39 Å². The maximum absolute atomic E-state index is 13.2. The second kappa shape index (κ2) is 3.53.